The highest BCUT2D eigenvalue weighted by Crippen LogP contribution is 2.25. The monoisotopic (exact) mass is 334 g/mol. The number of carbonyl (C=O) groups excluding carboxylic acids is 1. The Morgan fingerprint density at radius 1 is 1.12 bits per heavy atom. The lowest BCUT2D eigenvalue weighted by molar-refractivity contribution is -0.385. The van der Waals surface area contributed by atoms with Crippen molar-refractivity contribution >= 4 is 23.6 Å². The Morgan fingerprint density at radius 3 is 2.60 bits per heavy atom. The second-order valence-electron chi connectivity index (χ2n) is 5.33. The van der Waals surface area contributed by atoms with E-state index < -0.39 is 10.9 Å². The quantitative estimate of drug-likeness (QED) is 0.368. The Hall–Kier alpha value is -3.54. The topological polar surface area (TPSA) is 81.8 Å². The summed E-state index contributed by atoms with van der Waals surface area (Å²) in [6.45, 7) is 1.60. The van der Waals surface area contributed by atoms with E-state index in [4.69, 9.17) is 4.74 Å². The molecule has 0 N–H and O–H groups in total. The average Bonchev–Trinajstić information content (AvgIpc) is 2.96. The van der Waals surface area contributed by atoms with Gasteiger partial charge in [-0.25, -0.2) is 9.79 Å². The molecule has 0 aromatic heterocycles. The van der Waals surface area contributed by atoms with Crippen molar-refractivity contribution in [1.82, 2.24) is 0 Å². The van der Waals surface area contributed by atoms with Gasteiger partial charge in [-0.3, -0.25) is 10.1 Å². The minimum Gasteiger partial charge on any atom is -0.402 e. The molecule has 0 bridgehead atoms. The van der Waals surface area contributed by atoms with Crippen molar-refractivity contribution in [2.45, 2.75) is 6.92 Å². The molecular weight excluding hydrogens is 320 g/mol. The van der Waals surface area contributed by atoms with Gasteiger partial charge in [0, 0.05) is 17.2 Å². The fourth-order valence-corrected chi connectivity index (χ4v) is 2.41. The zero-order valence-corrected chi connectivity index (χ0v) is 13.4. The van der Waals surface area contributed by atoms with E-state index in [0.717, 1.165) is 5.56 Å². The lowest BCUT2D eigenvalue weighted by Gasteiger charge is -2.04. The van der Waals surface area contributed by atoms with Gasteiger partial charge in [0.05, 0.1) is 4.92 Å². The van der Waals surface area contributed by atoms with E-state index in [0.29, 0.717) is 11.1 Å². The number of allylic oxidation sites excluding steroid dienone is 2. The first-order valence-electron chi connectivity index (χ1n) is 7.55. The summed E-state index contributed by atoms with van der Waals surface area (Å²) in [6, 6.07) is 14.2. The molecule has 6 nitrogen and oxygen atoms in total. The Morgan fingerprint density at radius 2 is 1.88 bits per heavy atom. The van der Waals surface area contributed by atoms with Crippen molar-refractivity contribution in [3.63, 3.8) is 0 Å². The van der Waals surface area contributed by atoms with Crippen LogP contribution in [0.3, 0.4) is 0 Å². The van der Waals surface area contributed by atoms with Crippen LogP contribution in [0, 0.1) is 17.0 Å². The third kappa shape index (κ3) is 3.53. The summed E-state index contributed by atoms with van der Waals surface area (Å²) < 4.78 is 5.16. The number of carbonyl (C=O) groups is 1. The maximum atomic E-state index is 12.0. The molecule has 1 aliphatic rings. The number of hydrogen-bond acceptors (Lipinski definition) is 5. The number of cyclic esters (lactones) is 1. The second kappa shape index (κ2) is 6.92. The van der Waals surface area contributed by atoms with E-state index in [1.807, 2.05) is 36.4 Å². The molecule has 0 aliphatic carbocycles. The maximum Gasteiger partial charge on any atom is 0.363 e. The largest absolute Gasteiger partial charge is 0.402 e. The van der Waals surface area contributed by atoms with Crippen LogP contribution in [-0.4, -0.2) is 16.8 Å². The van der Waals surface area contributed by atoms with Crippen LogP contribution in [-0.2, 0) is 9.53 Å². The molecule has 2 aromatic rings. The molecule has 124 valence electrons. The third-order valence-corrected chi connectivity index (χ3v) is 3.70. The summed E-state index contributed by atoms with van der Waals surface area (Å²) in [5.41, 5.74) is 1.92. The van der Waals surface area contributed by atoms with Crippen LogP contribution in [0.5, 0.6) is 0 Å². The summed E-state index contributed by atoms with van der Waals surface area (Å²) in [5, 5.41) is 11.0. The number of nitro groups is 1. The van der Waals surface area contributed by atoms with E-state index in [-0.39, 0.29) is 17.3 Å². The van der Waals surface area contributed by atoms with Gasteiger partial charge in [0.2, 0.25) is 5.90 Å². The highest BCUT2D eigenvalue weighted by atomic mass is 16.6. The molecule has 0 radical (unpaired) electrons. The summed E-state index contributed by atoms with van der Waals surface area (Å²) in [5.74, 6) is -0.510. The van der Waals surface area contributed by atoms with Crippen LogP contribution < -0.4 is 0 Å². The van der Waals surface area contributed by atoms with E-state index in [2.05, 4.69) is 4.99 Å². The number of hydrogen-bond donors (Lipinski definition) is 0. The van der Waals surface area contributed by atoms with Crippen molar-refractivity contribution in [3.05, 3.63) is 93.2 Å². The standard InChI is InChI=1S/C19H14N2O4/c1-13-15(10-6-12-17(13)21(23)24)18-20-16(19(22)25-18)11-5-9-14-7-3-2-4-8-14/h2-12H,1H3/b9-5+,16-11+. The zero-order valence-electron chi connectivity index (χ0n) is 13.4. The van der Waals surface area contributed by atoms with Crippen molar-refractivity contribution in [2.75, 3.05) is 0 Å². The Balaban J connectivity index is 1.88. The second-order valence-corrected chi connectivity index (χ2v) is 5.33. The third-order valence-electron chi connectivity index (χ3n) is 3.70. The van der Waals surface area contributed by atoms with Gasteiger partial charge in [0.1, 0.15) is 0 Å². The number of nitrogens with zero attached hydrogens (tertiary/aromatic N) is 2. The number of ether oxygens (including phenoxy) is 1. The molecule has 2 aromatic carbocycles. The lowest BCUT2D eigenvalue weighted by atomic mass is 10.1. The van der Waals surface area contributed by atoms with Gasteiger partial charge in [0.15, 0.2) is 5.70 Å². The lowest BCUT2D eigenvalue weighted by Crippen LogP contribution is -2.08. The van der Waals surface area contributed by atoms with Gasteiger partial charge < -0.3 is 4.74 Å². The number of benzene rings is 2. The van der Waals surface area contributed by atoms with Crippen LogP contribution in [0.1, 0.15) is 16.7 Å². The van der Waals surface area contributed by atoms with Crippen LogP contribution in [0.2, 0.25) is 0 Å². The minimum atomic E-state index is -0.585. The van der Waals surface area contributed by atoms with Crippen LogP contribution in [0.25, 0.3) is 6.08 Å². The van der Waals surface area contributed by atoms with Crippen molar-refractivity contribution in [2.24, 2.45) is 4.99 Å². The van der Waals surface area contributed by atoms with Crippen LogP contribution >= 0.6 is 0 Å². The summed E-state index contributed by atoms with van der Waals surface area (Å²) >= 11 is 0. The molecule has 6 heteroatoms. The Kier molecular flexibility index (Phi) is 4.52. The van der Waals surface area contributed by atoms with Gasteiger partial charge in [-0.2, -0.15) is 0 Å². The molecule has 0 fully saturated rings. The molecule has 3 rings (SSSR count). The van der Waals surface area contributed by atoms with E-state index in [9.17, 15) is 14.9 Å². The molecule has 25 heavy (non-hydrogen) atoms. The first-order chi connectivity index (χ1) is 12.1. The van der Waals surface area contributed by atoms with Crippen molar-refractivity contribution in [1.29, 1.82) is 0 Å². The summed E-state index contributed by atoms with van der Waals surface area (Å²) in [6.07, 6.45) is 5.10. The predicted molar refractivity (Wildman–Crippen MR) is 94.0 cm³/mol. The SMILES string of the molecule is Cc1c(C2=N/C(=C/C=C/c3ccccc3)C(=O)O2)cccc1[N+](=O)[O-]. The van der Waals surface area contributed by atoms with Gasteiger partial charge in [0.25, 0.3) is 5.69 Å². The smallest absolute Gasteiger partial charge is 0.363 e. The highest BCUT2D eigenvalue weighted by molar-refractivity contribution is 6.12. The van der Waals surface area contributed by atoms with E-state index >= 15 is 0 Å². The Labute approximate surface area is 143 Å². The summed E-state index contributed by atoms with van der Waals surface area (Å²) in [7, 11) is 0. The van der Waals surface area contributed by atoms with Gasteiger partial charge in [-0.05, 0) is 24.6 Å². The number of esters is 1. The molecule has 0 atom stereocenters. The maximum absolute atomic E-state index is 12.0. The molecule has 0 spiro atoms. The molecule has 0 saturated carbocycles. The van der Waals surface area contributed by atoms with Crippen molar-refractivity contribution in [3.8, 4) is 0 Å². The van der Waals surface area contributed by atoms with Gasteiger partial charge in [-0.15, -0.1) is 0 Å². The first kappa shape index (κ1) is 16.3. The fraction of sp³-hybridized carbons (Fsp3) is 0.0526. The van der Waals surface area contributed by atoms with E-state index in [1.54, 1.807) is 25.1 Å². The average molecular weight is 334 g/mol. The summed E-state index contributed by atoms with van der Waals surface area (Å²) in [4.78, 5) is 26.7. The number of aliphatic imine (C=N–C) groups is 1. The molecule has 1 aliphatic heterocycles. The molecule has 0 amide bonds. The number of nitro benzene ring substituents is 1. The molecule has 0 saturated heterocycles. The van der Waals surface area contributed by atoms with Gasteiger partial charge >= 0.3 is 5.97 Å². The minimum absolute atomic E-state index is 0.0438. The molecular formula is C19H14N2O4. The zero-order chi connectivity index (χ0) is 17.8. The van der Waals surface area contributed by atoms with Gasteiger partial charge in [-0.1, -0.05) is 48.6 Å². The fourth-order valence-electron chi connectivity index (χ4n) is 2.41. The Bertz CT molecular complexity index is 928. The van der Waals surface area contributed by atoms with Crippen LogP contribution in [0.15, 0.2) is 71.4 Å². The highest BCUT2D eigenvalue weighted by Gasteiger charge is 2.26. The molecule has 1 heterocycles. The number of rotatable bonds is 4. The first-order valence-corrected chi connectivity index (χ1v) is 7.55. The van der Waals surface area contributed by atoms with E-state index in [1.165, 1.54) is 12.1 Å². The predicted octanol–water partition coefficient (Wildman–Crippen LogP) is 3.80. The van der Waals surface area contributed by atoms with Crippen molar-refractivity contribution < 1.29 is 14.5 Å². The molecule has 0 unspecified atom stereocenters. The van der Waals surface area contributed by atoms with Crippen LogP contribution in [0.4, 0.5) is 5.69 Å². The normalized spacial score (nSPS) is 15.5.